The molecule has 1 fully saturated rings. The molecule has 6 heteroatoms. The van der Waals surface area contributed by atoms with Gasteiger partial charge in [-0.3, -0.25) is 14.6 Å². The van der Waals surface area contributed by atoms with Gasteiger partial charge in [0.1, 0.15) is 0 Å². The van der Waals surface area contributed by atoms with Crippen LogP contribution in [0.2, 0.25) is 0 Å². The van der Waals surface area contributed by atoms with E-state index >= 15 is 0 Å². The van der Waals surface area contributed by atoms with Crippen LogP contribution in [0, 0.1) is 0 Å². The van der Waals surface area contributed by atoms with Crippen LogP contribution in [-0.4, -0.2) is 28.9 Å². The van der Waals surface area contributed by atoms with Gasteiger partial charge in [0.05, 0.1) is 12.2 Å². The number of carbonyl (C=O) groups excluding carboxylic acids is 2. The molecule has 0 N–H and O–H groups in total. The highest BCUT2D eigenvalue weighted by molar-refractivity contribution is 6.25. The molecule has 0 saturated carbocycles. The zero-order chi connectivity index (χ0) is 18.3. The molecule has 2 heterocycles. The first-order valence-corrected chi connectivity index (χ1v) is 8.75. The zero-order valence-electron chi connectivity index (χ0n) is 14.7. The van der Waals surface area contributed by atoms with Gasteiger partial charge in [0.15, 0.2) is 12.1 Å². The molecule has 0 spiro atoms. The van der Waals surface area contributed by atoms with Crippen molar-refractivity contribution in [1.82, 2.24) is 5.01 Å². The Morgan fingerprint density at radius 1 is 0.962 bits per heavy atom. The maximum Gasteiger partial charge on any atom is 0.263 e. The number of anilines is 1. The summed E-state index contributed by atoms with van der Waals surface area (Å²) in [5.41, 5.74) is 2.87. The molecule has 2 aromatic carbocycles. The Labute approximate surface area is 152 Å². The van der Waals surface area contributed by atoms with E-state index in [-0.39, 0.29) is 11.8 Å². The SMILES string of the molecule is CC(C)c1ccc(CN2N=N[C@@H]3C(=O)N(c4ccccc4)C(=O)[C@@H]32)cc1. The summed E-state index contributed by atoms with van der Waals surface area (Å²) in [4.78, 5) is 26.7. The van der Waals surface area contributed by atoms with Crippen LogP contribution < -0.4 is 4.90 Å². The maximum atomic E-state index is 12.9. The van der Waals surface area contributed by atoms with E-state index in [4.69, 9.17) is 0 Å². The number of carbonyl (C=O) groups is 2. The lowest BCUT2D eigenvalue weighted by molar-refractivity contribution is -0.123. The molecule has 132 valence electrons. The third-order valence-electron chi connectivity index (χ3n) is 4.86. The lowest BCUT2D eigenvalue weighted by atomic mass is 10.0. The average molecular weight is 348 g/mol. The van der Waals surface area contributed by atoms with E-state index in [1.54, 1.807) is 29.3 Å². The smallest absolute Gasteiger partial charge is 0.263 e. The quantitative estimate of drug-likeness (QED) is 0.796. The zero-order valence-corrected chi connectivity index (χ0v) is 14.7. The first kappa shape index (κ1) is 16.4. The molecular weight excluding hydrogens is 328 g/mol. The van der Waals surface area contributed by atoms with Gasteiger partial charge in [0, 0.05) is 0 Å². The van der Waals surface area contributed by atoms with Crippen molar-refractivity contribution in [3.05, 3.63) is 65.7 Å². The molecule has 0 aliphatic carbocycles. The Balaban J connectivity index is 1.55. The molecule has 26 heavy (non-hydrogen) atoms. The minimum absolute atomic E-state index is 0.269. The van der Waals surface area contributed by atoms with Crippen molar-refractivity contribution in [1.29, 1.82) is 0 Å². The van der Waals surface area contributed by atoms with Gasteiger partial charge in [-0.25, -0.2) is 4.90 Å². The first-order chi connectivity index (χ1) is 12.6. The van der Waals surface area contributed by atoms with Gasteiger partial charge in [-0.2, -0.15) is 5.11 Å². The molecule has 6 nitrogen and oxygen atoms in total. The second kappa shape index (κ2) is 6.37. The van der Waals surface area contributed by atoms with Gasteiger partial charge in [0.2, 0.25) is 0 Å². The van der Waals surface area contributed by atoms with Crippen molar-refractivity contribution in [3.63, 3.8) is 0 Å². The summed E-state index contributed by atoms with van der Waals surface area (Å²) in [6.07, 6.45) is 0. The number of imide groups is 1. The minimum Gasteiger partial charge on any atom is -0.271 e. The van der Waals surface area contributed by atoms with Gasteiger partial charge >= 0.3 is 0 Å². The highest BCUT2D eigenvalue weighted by atomic mass is 16.2. The summed E-state index contributed by atoms with van der Waals surface area (Å²) in [7, 11) is 0. The fraction of sp³-hybridized carbons (Fsp3) is 0.300. The van der Waals surface area contributed by atoms with Crippen LogP contribution in [0.15, 0.2) is 64.9 Å². The molecular formula is C20H20N4O2. The summed E-state index contributed by atoms with van der Waals surface area (Å²) in [6, 6.07) is 15.8. The van der Waals surface area contributed by atoms with Crippen molar-refractivity contribution in [2.45, 2.75) is 38.4 Å². The summed E-state index contributed by atoms with van der Waals surface area (Å²) in [5.74, 6) is -0.115. The molecule has 2 atom stereocenters. The highest BCUT2D eigenvalue weighted by Gasteiger charge is 2.54. The molecule has 0 aromatic heterocycles. The summed E-state index contributed by atoms with van der Waals surface area (Å²) < 4.78 is 0. The fourth-order valence-electron chi connectivity index (χ4n) is 3.38. The Kier molecular flexibility index (Phi) is 4.03. The van der Waals surface area contributed by atoms with Crippen molar-refractivity contribution in [3.8, 4) is 0 Å². The molecule has 1 saturated heterocycles. The summed E-state index contributed by atoms with van der Waals surface area (Å²) in [5, 5.41) is 9.78. The summed E-state index contributed by atoms with van der Waals surface area (Å²) >= 11 is 0. The number of amides is 2. The van der Waals surface area contributed by atoms with Crippen LogP contribution in [0.1, 0.15) is 30.9 Å². The van der Waals surface area contributed by atoms with Gasteiger partial charge in [0.25, 0.3) is 11.8 Å². The molecule has 0 radical (unpaired) electrons. The molecule has 2 aliphatic heterocycles. The second-order valence-corrected chi connectivity index (χ2v) is 6.94. The lowest BCUT2D eigenvalue weighted by Crippen LogP contribution is -2.39. The number of benzene rings is 2. The molecule has 2 aromatic rings. The van der Waals surface area contributed by atoms with Crippen molar-refractivity contribution in [2.24, 2.45) is 10.3 Å². The van der Waals surface area contributed by atoms with E-state index in [0.717, 1.165) is 5.56 Å². The van der Waals surface area contributed by atoms with Crippen molar-refractivity contribution in [2.75, 3.05) is 4.90 Å². The molecule has 2 aliphatic rings. The van der Waals surface area contributed by atoms with E-state index in [9.17, 15) is 9.59 Å². The number of hydrogen-bond donors (Lipinski definition) is 0. The van der Waals surface area contributed by atoms with Crippen LogP contribution in [0.5, 0.6) is 0 Å². The Morgan fingerprint density at radius 2 is 1.65 bits per heavy atom. The van der Waals surface area contributed by atoms with E-state index in [2.05, 4.69) is 36.3 Å². The van der Waals surface area contributed by atoms with Crippen molar-refractivity contribution >= 4 is 17.5 Å². The summed E-state index contributed by atoms with van der Waals surface area (Å²) in [6.45, 7) is 4.75. The molecule has 4 rings (SSSR count). The van der Waals surface area contributed by atoms with Gasteiger partial charge in [-0.1, -0.05) is 61.5 Å². The Hall–Kier alpha value is -3.02. The number of nitrogens with zero attached hydrogens (tertiary/aromatic N) is 4. The number of fused-ring (bicyclic) bond motifs is 1. The number of hydrogen-bond acceptors (Lipinski definition) is 5. The molecule has 0 bridgehead atoms. The second-order valence-electron chi connectivity index (χ2n) is 6.94. The number of rotatable bonds is 4. The Morgan fingerprint density at radius 3 is 2.31 bits per heavy atom. The van der Waals surface area contributed by atoms with Gasteiger partial charge in [-0.05, 0) is 29.2 Å². The van der Waals surface area contributed by atoms with Gasteiger partial charge in [-0.15, -0.1) is 0 Å². The van der Waals surface area contributed by atoms with Crippen LogP contribution in [0.4, 0.5) is 5.69 Å². The topological polar surface area (TPSA) is 65.3 Å². The normalized spacial score (nSPS) is 21.8. The third-order valence-corrected chi connectivity index (χ3v) is 4.86. The molecule has 2 amide bonds. The largest absolute Gasteiger partial charge is 0.271 e. The predicted molar refractivity (Wildman–Crippen MR) is 97.4 cm³/mol. The first-order valence-electron chi connectivity index (χ1n) is 8.75. The highest BCUT2D eigenvalue weighted by Crippen LogP contribution is 2.32. The van der Waals surface area contributed by atoms with Gasteiger partial charge < -0.3 is 0 Å². The maximum absolute atomic E-state index is 12.9. The lowest BCUT2D eigenvalue weighted by Gasteiger charge is -2.20. The number of para-hydroxylation sites is 1. The Bertz CT molecular complexity index is 861. The van der Waals surface area contributed by atoms with Crippen LogP contribution in [0.25, 0.3) is 0 Å². The van der Waals surface area contributed by atoms with E-state index in [1.807, 2.05) is 18.2 Å². The fourth-order valence-corrected chi connectivity index (χ4v) is 3.38. The van der Waals surface area contributed by atoms with E-state index < -0.39 is 12.1 Å². The monoisotopic (exact) mass is 348 g/mol. The molecule has 0 unspecified atom stereocenters. The standard InChI is InChI=1S/C20H20N4O2/c1-13(2)15-10-8-14(9-11-15)12-23-18-17(21-22-23)19(25)24(20(18)26)16-6-4-3-5-7-16/h3-11,13,17-18H,12H2,1-2H3/t17-,18+/m0/s1. The van der Waals surface area contributed by atoms with Crippen LogP contribution in [-0.2, 0) is 16.1 Å². The van der Waals surface area contributed by atoms with Crippen molar-refractivity contribution < 1.29 is 9.59 Å². The predicted octanol–water partition coefficient (Wildman–Crippen LogP) is 3.30. The van der Waals surface area contributed by atoms with Crippen LogP contribution in [0.3, 0.4) is 0 Å². The van der Waals surface area contributed by atoms with E-state index in [1.165, 1.54) is 10.5 Å². The van der Waals surface area contributed by atoms with E-state index in [0.29, 0.717) is 18.2 Å². The van der Waals surface area contributed by atoms with Crippen LogP contribution >= 0.6 is 0 Å². The third kappa shape index (κ3) is 2.67. The minimum atomic E-state index is -0.752. The average Bonchev–Trinajstić information content (AvgIpc) is 3.16.